The maximum absolute atomic E-state index is 12.3. The average molecular weight is 311 g/mol. The number of benzene rings is 1. The van der Waals surface area contributed by atoms with Crippen molar-refractivity contribution < 1.29 is 19.1 Å². The van der Waals surface area contributed by atoms with Crippen molar-refractivity contribution in [2.75, 3.05) is 25.7 Å². The highest BCUT2D eigenvalue weighted by Crippen LogP contribution is 2.17. The van der Waals surface area contributed by atoms with Crippen LogP contribution in [0.5, 0.6) is 5.75 Å². The van der Waals surface area contributed by atoms with Crippen LogP contribution < -0.4 is 10.1 Å². The van der Waals surface area contributed by atoms with Gasteiger partial charge in [-0.15, -0.1) is 0 Å². The van der Waals surface area contributed by atoms with E-state index in [0.29, 0.717) is 23.7 Å². The fourth-order valence-electron chi connectivity index (χ4n) is 1.71. The number of methoxy groups -OCH3 is 1. The Bertz CT molecular complexity index is 478. The molecule has 0 aromatic heterocycles. The zero-order valence-corrected chi connectivity index (χ0v) is 13.4. The number of amides is 1. The summed E-state index contributed by atoms with van der Waals surface area (Å²) in [4.78, 5) is 24.2. The van der Waals surface area contributed by atoms with Gasteiger partial charge in [-0.25, -0.2) is 4.79 Å². The molecule has 5 nitrogen and oxygen atoms in total. The minimum absolute atomic E-state index is 0.347. The predicted octanol–water partition coefficient (Wildman–Crippen LogP) is 2.11. The maximum Gasteiger partial charge on any atom is 0.329 e. The molecule has 1 amide bonds. The molecule has 0 fully saturated rings. The highest BCUT2D eigenvalue weighted by Gasteiger charge is 2.23. The first-order valence-corrected chi connectivity index (χ1v) is 8.12. The Hall–Kier alpha value is -1.69. The number of rotatable bonds is 8. The van der Waals surface area contributed by atoms with E-state index in [0.717, 1.165) is 6.42 Å². The van der Waals surface area contributed by atoms with Gasteiger partial charge in [0.2, 0.25) is 0 Å². The number of esters is 1. The van der Waals surface area contributed by atoms with E-state index in [9.17, 15) is 9.59 Å². The van der Waals surface area contributed by atoms with Crippen LogP contribution in [-0.4, -0.2) is 43.6 Å². The lowest BCUT2D eigenvalue weighted by atomic mass is 10.1. The van der Waals surface area contributed by atoms with Crippen LogP contribution in [0.25, 0.3) is 0 Å². The Balaban J connectivity index is 2.78. The summed E-state index contributed by atoms with van der Waals surface area (Å²) in [5.74, 6) is 0.179. The van der Waals surface area contributed by atoms with E-state index in [4.69, 9.17) is 9.47 Å². The second-order valence-corrected chi connectivity index (χ2v) is 5.26. The number of hydrogen-bond acceptors (Lipinski definition) is 5. The molecule has 21 heavy (non-hydrogen) atoms. The second kappa shape index (κ2) is 9.28. The van der Waals surface area contributed by atoms with E-state index >= 15 is 0 Å². The lowest BCUT2D eigenvalue weighted by Crippen LogP contribution is -2.43. The lowest BCUT2D eigenvalue weighted by Gasteiger charge is -2.17. The summed E-state index contributed by atoms with van der Waals surface area (Å²) >= 11 is 1.47. The van der Waals surface area contributed by atoms with Crippen molar-refractivity contribution in [3.05, 3.63) is 29.8 Å². The van der Waals surface area contributed by atoms with Crippen LogP contribution >= 0.6 is 11.8 Å². The molecule has 116 valence electrons. The Morgan fingerprint density at radius 3 is 2.67 bits per heavy atom. The normalized spacial score (nSPS) is 11.6. The summed E-state index contributed by atoms with van der Waals surface area (Å²) in [6, 6.07) is 6.22. The number of nitrogens with one attached hydrogen (secondary N) is 1. The molecule has 1 atom stereocenters. The van der Waals surface area contributed by atoms with Crippen LogP contribution in [-0.2, 0) is 9.53 Å². The van der Waals surface area contributed by atoms with Gasteiger partial charge >= 0.3 is 5.97 Å². The summed E-state index contributed by atoms with van der Waals surface area (Å²) in [7, 11) is 1.50. The smallest absolute Gasteiger partial charge is 0.329 e. The minimum Gasteiger partial charge on any atom is -0.496 e. The maximum atomic E-state index is 12.3. The standard InChI is InChI=1S/C15H21NO4S/c1-4-9-20-15(18)12(10-21-3)16-14(17)11-7-5-6-8-13(11)19-2/h5-8,12H,4,9-10H2,1-3H3,(H,16,17)/t12-/m0/s1. The third-order valence-corrected chi connectivity index (χ3v) is 3.39. The fourth-order valence-corrected chi connectivity index (χ4v) is 2.26. The number of carbonyl (C=O) groups excluding carboxylic acids is 2. The summed E-state index contributed by atoms with van der Waals surface area (Å²) < 4.78 is 10.3. The van der Waals surface area contributed by atoms with E-state index < -0.39 is 12.0 Å². The molecular formula is C15H21NO4S. The number of thioether (sulfide) groups is 1. The molecule has 0 aliphatic heterocycles. The summed E-state index contributed by atoms with van der Waals surface area (Å²) in [5, 5.41) is 2.70. The predicted molar refractivity (Wildman–Crippen MR) is 83.9 cm³/mol. The Morgan fingerprint density at radius 2 is 2.05 bits per heavy atom. The van der Waals surface area contributed by atoms with E-state index in [1.807, 2.05) is 13.2 Å². The summed E-state index contributed by atoms with van der Waals surface area (Å²) in [6.45, 7) is 2.28. The van der Waals surface area contributed by atoms with Gasteiger partial charge in [-0.1, -0.05) is 19.1 Å². The number of hydrogen-bond donors (Lipinski definition) is 1. The Kier molecular flexibility index (Phi) is 7.68. The van der Waals surface area contributed by atoms with Crippen molar-refractivity contribution in [2.24, 2.45) is 0 Å². The van der Waals surface area contributed by atoms with Crippen LogP contribution in [0.2, 0.25) is 0 Å². The first-order chi connectivity index (χ1) is 10.1. The third kappa shape index (κ3) is 5.30. The molecule has 6 heteroatoms. The molecule has 0 heterocycles. The van der Waals surface area contributed by atoms with Crippen molar-refractivity contribution in [1.29, 1.82) is 0 Å². The van der Waals surface area contributed by atoms with Crippen LogP contribution in [0.15, 0.2) is 24.3 Å². The summed E-state index contributed by atoms with van der Waals surface area (Å²) in [5.41, 5.74) is 0.398. The quantitative estimate of drug-likeness (QED) is 0.745. The van der Waals surface area contributed by atoms with Crippen LogP contribution in [0, 0.1) is 0 Å². The van der Waals surface area contributed by atoms with Crippen LogP contribution in [0.1, 0.15) is 23.7 Å². The zero-order valence-electron chi connectivity index (χ0n) is 12.5. The van der Waals surface area contributed by atoms with E-state index in [1.54, 1.807) is 24.3 Å². The fraction of sp³-hybridized carbons (Fsp3) is 0.467. The van der Waals surface area contributed by atoms with Crippen molar-refractivity contribution >= 4 is 23.6 Å². The van der Waals surface area contributed by atoms with Crippen LogP contribution in [0.3, 0.4) is 0 Å². The first kappa shape index (κ1) is 17.4. The molecule has 1 aromatic carbocycles. The monoisotopic (exact) mass is 311 g/mol. The van der Waals surface area contributed by atoms with Gasteiger partial charge in [0.25, 0.3) is 5.91 Å². The molecule has 0 aliphatic rings. The number of ether oxygens (including phenoxy) is 2. The van der Waals surface area contributed by atoms with Crippen molar-refractivity contribution in [3.8, 4) is 5.75 Å². The van der Waals surface area contributed by atoms with Gasteiger partial charge in [-0.05, 0) is 24.8 Å². The topological polar surface area (TPSA) is 64.6 Å². The molecule has 0 saturated carbocycles. The Morgan fingerprint density at radius 1 is 1.33 bits per heavy atom. The van der Waals surface area contributed by atoms with Crippen molar-refractivity contribution in [3.63, 3.8) is 0 Å². The zero-order chi connectivity index (χ0) is 15.7. The molecule has 0 saturated heterocycles. The van der Waals surface area contributed by atoms with E-state index in [1.165, 1.54) is 18.9 Å². The summed E-state index contributed by atoms with van der Waals surface area (Å²) in [6.07, 6.45) is 2.62. The van der Waals surface area contributed by atoms with Gasteiger partial charge in [0.15, 0.2) is 0 Å². The molecule has 1 N–H and O–H groups in total. The van der Waals surface area contributed by atoms with Gasteiger partial charge in [0.05, 0.1) is 19.3 Å². The van der Waals surface area contributed by atoms with Gasteiger partial charge in [-0.3, -0.25) is 4.79 Å². The molecule has 0 aliphatic carbocycles. The van der Waals surface area contributed by atoms with Gasteiger partial charge < -0.3 is 14.8 Å². The average Bonchev–Trinajstić information content (AvgIpc) is 2.51. The SMILES string of the molecule is CCCOC(=O)[C@H](CSC)NC(=O)c1ccccc1OC. The van der Waals surface area contributed by atoms with Crippen molar-refractivity contribution in [2.45, 2.75) is 19.4 Å². The van der Waals surface area contributed by atoms with Crippen LogP contribution in [0.4, 0.5) is 0 Å². The van der Waals surface area contributed by atoms with Crippen molar-refractivity contribution in [1.82, 2.24) is 5.32 Å². The molecule has 0 radical (unpaired) electrons. The third-order valence-electron chi connectivity index (χ3n) is 2.72. The van der Waals surface area contributed by atoms with Gasteiger partial charge in [0, 0.05) is 5.75 Å². The lowest BCUT2D eigenvalue weighted by molar-refractivity contribution is -0.145. The minimum atomic E-state index is -0.663. The molecule has 0 bridgehead atoms. The van der Waals surface area contributed by atoms with Gasteiger partial charge in [0.1, 0.15) is 11.8 Å². The largest absolute Gasteiger partial charge is 0.496 e. The Labute approximate surface area is 129 Å². The van der Waals surface area contributed by atoms with E-state index in [-0.39, 0.29) is 5.91 Å². The number of para-hydroxylation sites is 1. The highest BCUT2D eigenvalue weighted by atomic mass is 32.2. The second-order valence-electron chi connectivity index (χ2n) is 4.35. The van der Waals surface area contributed by atoms with Gasteiger partial charge in [-0.2, -0.15) is 11.8 Å². The number of carbonyl (C=O) groups is 2. The van der Waals surface area contributed by atoms with E-state index in [2.05, 4.69) is 5.32 Å². The highest BCUT2D eigenvalue weighted by molar-refractivity contribution is 7.98. The molecule has 1 aromatic rings. The molecule has 1 rings (SSSR count). The molecular weight excluding hydrogens is 290 g/mol. The molecule has 0 spiro atoms. The first-order valence-electron chi connectivity index (χ1n) is 6.73. The molecule has 0 unspecified atom stereocenters.